The fourth-order valence-corrected chi connectivity index (χ4v) is 3.89. The zero-order valence-electron chi connectivity index (χ0n) is 18.0. The van der Waals surface area contributed by atoms with E-state index in [2.05, 4.69) is 9.64 Å². The highest BCUT2D eigenvalue weighted by Crippen LogP contribution is 2.36. The summed E-state index contributed by atoms with van der Waals surface area (Å²) in [4.78, 5) is 16.7. The minimum atomic E-state index is -2.85. The predicted octanol–water partition coefficient (Wildman–Crippen LogP) is 4.10. The van der Waals surface area contributed by atoms with Gasteiger partial charge < -0.3 is 19.1 Å². The number of likely N-dealkylation sites (N-methyl/N-ethyl adjacent to an activating group) is 1. The summed E-state index contributed by atoms with van der Waals surface area (Å²) in [5.74, 6) is 1.45. The van der Waals surface area contributed by atoms with Gasteiger partial charge in [-0.2, -0.15) is 8.78 Å². The van der Waals surface area contributed by atoms with Crippen LogP contribution in [0.25, 0.3) is 0 Å². The molecule has 1 aliphatic heterocycles. The Bertz CT molecular complexity index is 876. The van der Waals surface area contributed by atoms with E-state index in [1.165, 1.54) is 12.1 Å². The summed E-state index contributed by atoms with van der Waals surface area (Å²) < 4.78 is 39.6. The quantitative estimate of drug-likeness (QED) is 0.595. The van der Waals surface area contributed by atoms with Crippen LogP contribution in [0, 0.1) is 0 Å². The first-order valence-corrected chi connectivity index (χ1v) is 10.1. The van der Waals surface area contributed by atoms with E-state index in [1.807, 2.05) is 18.2 Å². The Morgan fingerprint density at radius 1 is 1.13 bits per heavy atom. The Morgan fingerprint density at radius 2 is 1.84 bits per heavy atom. The number of carbonyl (C=O) groups excluding carboxylic acids is 1. The van der Waals surface area contributed by atoms with Crippen LogP contribution in [-0.2, 0) is 11.3 Å². The lowest BCUT2D eigenvalue weighted by atomic mass is 10.0. The van der Waals surface area contributed by atoms with Crippen molar-refractivity contribution >= 4 is 5.91 Å². The lowest BCUT2D eigenvalue weighted by Crippen LogP contribution is -2.37. The minimum Gasteiger partial charge on any atom is -0.493 e. The van der Waals surface area contributed by atoms with Crippen LogP contribution in [0.1, 0.15) is 30.0 Å². The number of amides is 1. The van der Waals surface area contributed by atoms with Crippen molar-refractivity contribution in [1.82, 2.24) is 9.80 Å². The number of methoxy groups -OCH3 is 2. The number of alkyl halides is 2. The summed E-state index contributed by atoms with van der Waals surface area (Å²) in [5.41, 5.74) is 1.94. The van der Waals surface area contributed by atoms with E-state index in [-0.39, 0.29) is 17.7 Å². The molecule has 2 aromatic rings. The molecule has 1 heterocycles. The number of nitrogens with zero attached hydrogens (tertiary/aromatic N) is 2. The van der Waals surface area contributed by atoms with Crippen LogP contribution in [0.2, 0.25) is 0 Å². The van der Waals surface area contributed by atoms with Crippen molar-refractivity contribution in [3.8, 4) is 17.2 Å². The van der Waals surface area contributed by atoms with Gasteiger partial charge in [0.25, 0.3) is 0 Å². The van der Waals surface area contributed by atoms with Crippen LogP contribution in [0.4, 0.5) is 8.78 Å². The smallest absolute Gasteiger partial charge is 0.387 e. The van der Waals surface area contributed by atoms with Crippen molar-refractivity contribution in [1.29, 1.82) is 0 Å². The van der Waals surface area contributed by atoms with Gasteiger partial charge in [-0.1, -0.05) is 18.2 Å². The van der Waals surface area contributed by atoms with Gasteiger partial charge in [0.1, 0.15) is 5.75 Å². The standard InChI is InChI=1S/C23H28F2N2O4/c1-26(14-16-6-9-18(10-7-16)31-23(24)25)22(28)15-27-12-4-5-19(27)17-8-11-20(29-2)21(13-17)30-3/h6-11,13,19,23H,4-5,12,14-15H2,1-3H3. The average Bonchev–Trinajstić information content (AvgIpc) is 3.22. The summed E-state index contributed by atoms with van der Waals surface area (Å²) in [6.07, 6.45) is 1.99. The maximum Gasteiger partial charge on any atom is 0.387 e. The zero-order valence-corrected chi connectivity index (χ0v) is 18.0. The molecular formula is C23H28F2N2O4. The third-order valence-corrected chi connectivity index (χ3v) is 5.49. The second kappa shape index (κ2) is 10.4. The van der Waals surface area contributed by atoms with Crippen LogP contribution in [0.3, 0.4) is 0 Å². The van der Waals surface area contributed by atoms with Gasteiger partial charge in [-0.15, -0.1) is 0 Å². The van der Waals surface area contributed by atoms with Crippen molar-refractivity contribution in [2.75, 3.05) is 34.4 Å². The van der Waals surface area contributed by atoms with Gasteiger partial charge in [-0.25, -0.2) is 0 Å². The van der Waals surface area contributed by atoms with E-state index in [4.69, 9.17) is 9.47 Å². The number of hydrogen-bond donors (Lipinski definition) is 0. The van der Waals surface area contributed by atoms with Crippen molar-refractivity contribution in [2.45, 2.75) is 32.0 Å². The lowest BCUT2D eigenvalue weighted by Gasteiger charge is -2.27. The Morgan fingerprint density at radius 3 is 2.48 bits per heavy atom. The molecule has 0 N–H and O–H groups in total. The second-order valence-corrected chi connectivity index (χ2v) is 7.52. The summed E-state index contributed by atoms with van der Waals surface area (Å²) in [6.45, 7) is -1.31. The molecule has 31 heavy (non-hydrogen) atoms. The second-order valence-electron chi connectivity index (χ2n) is 7.52. The normalized spacial score (nSPS) is 16.4. The minimum absolute atomic E-state index is 0.000263. The summed E-state index contributed by atoms with van der Waals surface area (Å²) in [7, 11) is 4.96. The molecule has 8 heteroatoms. The monoisotopic (exact) mass is 434 g/mol. The fraction of sp³-hybridized carbons (Fsp3) is 0.435. The third kappa shape index (κ3) is 5.85. The van der Waals surface area contributed by atoms with Gasteiger partial charge >= 0.3 is 6.61 Å². The van der Waals surface area contributed by atoms with Crippen molar-refractivity contribution in [3.63, 3.8) is 0 Å². The molecule has 2 aromatic carbocycles. The number of ether oxygens (including phenoxy) is 3. The van der Waals surface area contributed by atoms with E-state index in [9.17, 15) is 13.6 Å². The van der Waals surface area contributed by atoms with E-state index in [0.29, 0.717) is 24.6 Å². The maximum absolute atomic E-state index is 12.8. The first-order valence-electron chi connectivity index (χ1n) is 10.1. The molecule has 1 amide bonds. The van der Waals surface area contributed by atoms with Gasteiger partial charge in [0.05, 0.1) is 20.8 Å². The Labute approximate surface area is 181 Å². The van der Waals surface area contributed by atoms with Gasteiger partial charge in [0.2, 0.25) is 5.91 Å². The molecule has 0 radical (unpaired) electrons. The number of hydrogen-bond acceptors (Lipinski definition) is 5. The van der Waals surface area contributed by atoms with Gasteiger partial charge in [-0.3, -0.25) is 9.69 Å². The number of benzene rings is 2. The predicted molar refractivity (Wildman–Crippen MR) is 113 cm³/mol. The summed E-state index contributed by atoms with van der Waals surface area (Å²) in [6, 6.07) is 12.3. The molecule has 1 saturated heterocycles. The highest BCUT2D eigenvalue weighted by molar-refractivity contribution is 5.78. The Kier molecular flexibility index (Phi) is 7.68. The van der Waals surface area contributed by atoms with Crippen LogP contribution in [0.15, 0.2) is 42.5 Å². The molecule has 0 spiro atoms. The Balaban J connectivity index is 1.61. The molecule has 1 unspecified atom stereocenters. The zero-order chi connectivity index (χ0) is 22.4. The highest BCUT2D eigenvalue weighted by atomic mass is 19.3. The van der Waals surface area contributed by atoms with Crippen molar-refractivity contribution in [2.24, 2.45) is 0 Å². The molecule has 1 fully saturated rings. The van der Waals surface area contributed by atoms with E-state index >= 15 is 0 Å². The third-order valence-electron chi connectivity index (χ3n) is 5.49. The molecule has 0 saturated carbocycles. The molecule has 1 atom stereocenters. The van der Waals surface area contributed by atoms with Gasteiger partial charge in [0.15, 0.2) is 11.5 Å². The molecule has 0 bridgehead atoms. The SMILES string of the molecule is COc1ccc(C2CCCN2CC(=O)N(C)Cc2ccc(OC(F)F)cc2)cc1OC. The van der Waals surface area contributed by atoms with Crippen LogP contribution < -0.4 is 14.2 Å². The first-order chi connectivity index (χ1) is 14.9. The Hall–Kier alpha value is -2.87. The molecule has 1 aliphatic rings. The van der Waals surface area contributed by atoms with E-state index in [1.54, 1.807) is 38.3 Å². The van der Waals surface area contributed by atoms with E-state index in [0.717, 1.165) is 30.5 Å². The molecule has 168 valence electrons. The number of carbonyl (C=O) groups is 1. The number of likely N-dealkylation sites (tertiary alicyclic amines) is 1. The molecule has 6 nitrogen and oxygen atoms in total. The maximum atomic E-state index is 12.8. The summed E-state index contributed by atoms with van der Waals surface area (Å²) >= 11 is 0. The fourth-order valence-electron chi connectivity index (χ4n) is 3.89. The van der Waals surface area contributed by atoms with Crippen molar-refractivity contribution in [3.05, 3.63) is 53.6 Å². The lowest BCUT2D eigenvalue weighted by molar-refractivity contribution is -0.131. The summed E-state index contributed by atoms with van der Waals surface area (Å²) in [5, 5.41) is 0. The molecule has 0 aromatic heterocycles. The molecule has 0 aliphatic carbocycles. The largest absolute Gasteiger partial charge is 0.493 e. The number of rotatable bonds is 9. The topological polar surface area (TPSA) is 51.2 Å². The molecule has 3 rings (SSSR count). The van der Waals surface area contributed by atoms with E-state index < -0.39 is 6.61 Å². The average molecular weight is 434 g/mol. The van der Waals surface area contributed by atoms with Gasteiger partial charge in [-0.05, 0) is 54.8 Å². The first kappa shape index (κ1) is 22.8. The van der Waals surface area contributed by atoms with Crippen LogP contribution >= 0.6 is 0 Å². The van der Waals surface area contributed by atoms with Crippen LogP contribution in [0.5, 0.6) is 17.2 Å². The number of halogens is 2. The van der Waals surface area contributed by atoms with Crippen LogP contribution in [-0.4, -0.2) is 56.7 Å². The van der Waals surface area contributed by atoms with Crippen molar-refractivity contribution < 1.29 is 27.8 Å². The highest BCUT2D eigenvalue weighted by Gasteiger charge is 2.29. The van der Waals surface area contributed by atoms with Gasteiger partial charge in [0, 0.05) is 19.6 Å². The molecular weight excluding hydrogens is 406 g/mol.